The normalized spacial score (nSPS) is 14.8. The highest BCUT2D eigenvalue weighted by molar-refractivity contribution is 5.91. The fraction of sp³-hybridized carbons (Fsp3) is 0.263. The van der Waals surface area contributed by atoms with Crippen molar-refractivity contribution in [2.24, 2.45) is 0 Å². The average Bonchev–Trinajstić information content (AvgIpc) is 2.67. The molecular weight excluding hydrogens is 302 g/mol. The maximum absolute atomic E-state index is 11.9. The van der Waals surface area contributed by atoms with Gasteiger partial charge in [0.05, 0.1) is 13.2 Å². The van der Waals surface area contributed by atoms with Gasteiger partial charge in [-0.3, -0.25) is 9.78 Å². The number of hydrogen-bond donors (Lipinski definition) is 1. The zero-order chi connectivity index (χ0) is 16.6. The molecule has 24 heavy (non-hydrogen) atoms. The van der Waals surface area contributed by atoms with Gasteiger partial charge in [-0.15, -0.1) is 0 Å². The fourth-order valence-electron chi connectivity index (χ4n) is 2.54. The molecule has 0 spiro atoms. The second-order valence-electron chi connectivity index (χ2n) is 5.60. The van der Waals surface area contributed by atoms with E-state index in [0.717, 1.165) is 37.4 Å². The van der Waals surface area contributed by atoms with Crippen molar-refractivity contribution in [3.8, 4) is 0 Å². The minimum Gasteiger partial charge on any atom is -0.378 e. The van der Waals surface area contributed by atoms with Crippen LogP contribution < -0.4 is 10.2 Å². The van der Waals surface area contributed by atoms with Crippen molar-refractivity contribution in [3.63, 3.8) is 0 Å². The summed E-state index contributed by atoms with van der Waals surface area (Å²) in [4.78, 5) is 18.2. The minimum absolute atomic E-state index is 0.115. The van der Waals surface area contributed by atoms with Gasteiger partial charge in [0.15, 0.2) is 0 Å². The molecule has 0 bridgehead atoms. The predicted molar refractivity (Wildman–Crippen MR) is 94.6 cm³/mol. The molecule has 1 N–H and O–H groups in total. The number of nitrogens with zero attached hydrogens (tertiary/aromatic N) is 2. The molecule has 0 unspecified atom stereocenters. The van der Waals surface area contributed by atoms with E-state index in [9.17, 15) is 4.79 Å². The van der Waals surface area contributed by atoms with Crippen molar-refractivity contribution in [1.82, 2.24) is 10.3 Å². The Labute approximate surface area is 142 Å². The zero-order valence-electron chi connectivity index (χ0n) is 13.5. The van der Waals surface area contributed by atoms with Gasteiger partial charge in [-0.1, -0.05) is 18.2 Å². The van der Waals surface area contributed by atoms with Crippen molar-refractivity contribution >= 4 is 17.7 Å². The molecule has 0 radical (unpaired) electrons. The van der Waals surface area contributed by atoms with Gasteiger partial charge in [-0.2, -0.15) is 0 Å². The first-order chi connectivity index (χ1) is 11.8. The first kappa shape index (κ1) is 16.2. The van der Waals surface area contributed by atoms with E-state index in [0.29, 0.717) is 6.54 Å². The Bertz CT molecular complexity index is 678. The highest BCUT2D eigenvalue weighted by Gasteiger charge is 2.10. The fourth-order valence-corrected chi connectivity index (χ4v) is 2.54. The molecule has 0 atom stereocenters. The Morgan fingerprint density at radius 2 is 2.00 bits per heavy atom. The first-order valence-electron chi connectivity index (χ1n) is 8.09. The first-order valence-corrected chi connectivity index (χ1v) is 8.09. The van der Waals surface area contributed by atoms with Crippen LogP contribution in [0.15, 0.2) is 54.9 Å². The quantitative estimate of drug-likeness (QED) is 0.858. The average molecular weight is 323 g/mol. The van der Waals surface area contributed by atoms with E-state index in [-0.39, 0.29) is 5.91 Å². The molecule has 1 fully saturated rings. The standard InChI is InChI=1S/C19H21N3O2/c23-19(8-5-16-2-1-9-20-14-16)21-15-17-3-6-18(7-4-17)22-10-12-24-13-11-22/h1-9,14H,10-13,15H2,(H,21,23)/b8-5+. The van der Waals surface area contributed by atoms with Crippen LogP contribution in [0.1, 0.15) is 11.1 Å². The summed E-state index contributed by atoms with van der Waals surface area (Å²) in [6.45, 7) is 3.92. The van der Waals surface area contributed by atoms with Crippen LogP contribution in [0.25, 0.3) is 6.08 Å². The van der Waals surface area contributed by atoms with Crippen LogP contribution in [0, 0.1) is 0 Å². The number of rotatable bonds is 5. The number of nitrogens with one attached hydrogen (secondary N) is 1. The highest BCUT2D eigenvalue weighted by atomic mass is 16.5. The third kappa shape index (κ3) is 4.67. The summed E-state index contributed by atoms with van der Waals surface area (Å²) >= 11 is 0. The number of anilines is 1. The lowest BCUT2D eigenvalue weighted by Crippen LogP contribution is -2.36. The monoisotopic (exact) mass is 323 g/mol. The maximum atomic E-state index is 11.9. The third-order valence-corrected chi connectivity index (χ3v) is 3.89. The topological polar surface area (TPSA) is 54.5 Å². The summed E-state index contributed by atoms with van der Waals surface area (Å²) in [7, 11) is 0. The van der Waals surface area contributed by atoms with Crippen molar-refractivity contribution in [1.29, 1.82) is 0 Å². The largest absolute Gasteiger partial charge is 0.378 e. The van der Waals surface area contributed by atoms with E-state index < -0.39 is 0 Å². The van der Waals surface area contributed by atoms with Gasteiger partial charge in [-0.25, -0.2) is 0 Å². The van der Waals surface area contributed by atoms with E-state index in [2.05, 4.69) is 39.5 Å². The lowest BCUT2D eigenvalue weighted by atomic mass is 10.2. The lowest BCUT2D eigenvalue weighted by molar-refractivity contribution is -0.116. The summed E-state index contributed by atoms with van der Waals surface area (Å²) in [6, 6.07) is 12.0. The molecule has 1 aromatic carbocycles. The smallest absolute Gasteiger partial charge is 0.244 e. The predicted octanol–water partition coefficient (Wildman–Crippen LogP) is 2.25. The Balaban J connectivity index is 1.49. The van der Waals surface area contributed by atoms with Crippen LogP contribution in [-0.4, -0.2) is 37.2 Å². The Morgan fingerprint density at radius 3 is 2.71 bits per heavy atom. The number of carbonyl (C=O) groups excluding carboxylic acids is 1. The second kappa shape index (κ2) is 8.26. The maximum Gasteiger partial charge on any atom is 0.244 e. The van der Waals surface area contributed by atoms with Crippen molar-refractivity contribution < 1.29 is 9.53 Å². The Kier molecular flexibility index (Phi) is 5.58. The molecule has 2 aromatic rings. The van der Waals surface area contributed by atoms with Gasteiger partial charge < -0.3 is 15.0 Å². The van der Waals surface area contributed by atoms with Gasteiger partial charge >= 0.3 is 0 Å². The number of morpholine rings is 1. The van der Waals surface area contributed by atoms with Crippen LogP contribution in [0.3, 0.4) is 0 Å². The van der Waals surface area contributed by atoms with Crippen molar-refractivity contribution in [2.45, 2.75) is 6.54 Å². The van der Waals surface area contributed by atoms with Crippen LogP contribution in [0.2, 0.25) is 0 Å². The molecular formula is C19H21N3O2. The Hall–Kier alpha value is -2.66. The molecule has 2 heterocycles. The SMILES string of the molecule is O=C(/C=C/c1cccnc1)NCc1ccc(N2CCOCC2)cc1. The summed E-state index contributed by atoms with van der Waals surface area (Å²) in [5.41, 5.74) is 3.18. The molecule has 124 valence electrons. The minimum atomic E-state index is -0.115. The molecule has 1 saturated heterocycles. The van der Waals surface area contributed by atoms with E-state index in [1.807, 2.05) is 12.1 Å². The number of benzene rings is 1. The molecule has 0 aliphatic carbocycles. The highest BCUT2D eigenvalue weighted by Crippen LogP contribution is 2.16. The van der Waals surface area contributed by atoms with Crippen molar-refractivity contribution in [2.75, 3.05) is 31.2 Å². The van der Waals surface area contributed by atoms with Gasteiger partial charge in [0.25, 0.3) is 0 Å². The zero-order valence-corrected chi connectivity index (χ0v) is 13.5. The van der Waals surface area contributed by atoms with E-state index >= 15 is 0 Å². The van der Waals surface area contributed by atoms with Crippen molar-refractivity contribution in [3.05, 3.63) is 66.0 Å². The second-order valence-corrected chi connectivity index (χ2v) is 5.60. The van der Waals surface area contributed by atoms with Gasteiger partial charge in [0.2, 0.25) is 5.91 Å². The number of amides is 1. The lowest BCUT2D eigenvalue weighted by Gasteiger charge is -2.28. The number of pyridine rings is 1. The molecule has 1 aliphatic heterocycles. The number of hydrogen-bond acceptors (Lipinski definition) is 4. The number of ether oxygens (including phenoxy) is 1. The molecule has 1 aliphatic rings. The Morgan fingerprint density at radius 1 is 1.21 bits per heavy atom. The van der Waals surface area contributed by atoms with Crippen LogP contribution in [-0.2, 0) is 16.1 Å². The van der Waals surface area contributed by atoms with E-state index in [1.165, 1.54) is 11.8 Å². The molecule has 1 aromatic heterocycles. The molecule has 1 amide bonds. The summed E-state index contributed by atoms with van der Waals surface area (Å²) in [5, 5.41) is 2.89. The van der Waals surface area contributed by atoms with E-state index in [4.69, 9.17) is 4.74 Å². The van der Waals surface area contributed by atoms with Gasteiger partial charge in [-0.05, 0) is 35.4 Å². The van der Waals surface area contributed by atoms with Crippen LogP contribution in [0.5, 0.6) is 0 Å². The van der Waals surface area contributed by atoms with Crippen LogP contribution in [0.4, 0.5) is 5.69 Å². The molecule has 5 heteroatoms. The number of carbonyl (C=O) groups is 1. The molecule has 5 nitrogen and oxygen atoms in total. The molecule has 3 rings (SSSR count). The number of aromatic nitrogens is 1. The summed E-state index contributed by atoms with van der Waals surface area (Å²) in [5.74, 6) is -0.115. The molecule has 0 saturated carbocycles. The van der Waals surface area contributed by atoms with E-state index in [1.54, 1.807) is 18.5 Å². The van der Waals surface area contributed by atoms with Gasteiger partial charge in [0, 0.05) is 43.8 Å². The van der Waals surface area contributed by atoms with Crippen LogP contribution >= 0.6 is 0 Å². The van der Waals surface area contributed by atoms with Gasteiger partial charge in [0.1, 0.15) is 0 Å². The summed E-state index contributed by atoms with van der Waals surface area (Å²) in [6.07, 6.45) is 6.70. The third-order valence-electron chi connectivity index (χ3n) is 3.89. The summed E-state index contributed by atoms with van der Waals surface area (Å²) < 4.78 is 5.37.